The molecule has 1 aromatic heterocycles. The fraction of sp³-hybridized carbons (Fsp3) is 0.706. The number of aromatic nitrogens is 1. The summed E-state index contributed by atoms with van der Waals surface area (Å²) in [5, 5.41) is 15.9. The van der Waals surface area contributed by atoms with E-state index in [2.05, 4.69) is 15.6 Å². The molecule has 1 aliphatic rings. The third-order valence-corrected chi connectivity index (χ3v) is 5.69. The molecule has 0 saturated heterocycles. The zero-order valence-electron chi connectivity index (χ0n) is 15.1. The van der Waals surface area contributed by atoms with E-state index in [9.17, 15) is 27.9 Å². The number of nitrogens with one attached hydrogen (secondary N) is 2. The van der Waals surface area contributed by atoms with Gasteiger partial charge < -0.3 is 15.7 Å². The Labute approximate surface area is 159 Å². The summed E-state index contributed by atoms with van der Waals surface area (Å²) in [5.74, 6) is -1.08. The Morgan fingerprint density at radius 2 is 1.85 bits per heavy atom. The van der Waals surface area contributed by atoms with E-state index in [0.29, 0.717) is 17.0 Å². The molecule has 0 aliphatic heterocycles. The number of rotatable bonds is 7. The molecule has 0 radical (unpaired) electrons. The molecule has 3 N–H and O–H groups in total. The Kier molecular flexibility index (Phi) is 7.21. The molecule has 1 aliphatic carbocycles. The summed E-state index contributed by atoms with van der Waals surface area (Å²) in [6, 6.07) is 0. The van der Waals surface area contributed by atoms with Crippen molar-refractivity contribution < 1.29 is 27.9 Å². The molecule has 152 valence electrons. The lowest BCUT2D eigenvalue weighted by Gasteiger charge is -2.28. The fourth-order valence-corrected chi connectivity index (χ4v) is 3.95. The highest BCUT2D eigenvalue weighted by molar-refractivity contribution is 7.09. The molecule has 1 saturated carbocycles. The van der Waals surface area contributed by atoms with E-state index < -0.39 is 29.1 Å². The Morgan fingerprint density at radius 1 is 1.22 bits per heavy atom. The monoisotopic (exact) mass is 407 g/mol. The number of hydrogen-bond acceptors (Lipinski definition) is 5. The second kappa shape index (κ2) is 9.01. The number of carbonyl (C=O) groups excluding carboxylic acids is 2. The van der Waals surface area contributed by atoms with Crippen LogP contribution >= 0.6 is 11.3 Å². The lowest BCUT2D eigenvalue weighted by atomic mass is 9.89. The number of nitrogens with zero attached hydrogens (tertiary/aromatic N) is 1. The summed E-state index contributed by atoms with van der Waals surface area (Å²) in [4.78, 5) is 27.6. The van der Waals surface area contributed by atoms with Gasteiger partial charge in [-0.25, -0.2) is 4.98 Å². The van der Waals surface area contributed by atoms with E-state index >= 15 is 0 Å². The highest BCUT2D eigenvalue weighted by atomic mass is 32.1. The largest absolute Gasteiger partial charge is 0.424 e. The van der Waals surface area contributed by atoms with Crippen LogP contribution in [0.4, 0.5) is 13.2 Å². The van der Waals surface area contributed by atoms with E-state index in [1.165, 1.54) is 12.3 Å². The molecular formula is C17H24F3N3O3S. The number of carbonyl (C=O) groups is 2. The molecule has 1 fully saturated rings. The number of hydrogen-bond donors (Lipinski definition) is 3. The second-order valence-electron chi connectivity index (χ2n) is 6.80. The van der Waals surface area contributed by atoms with Crippen molar-refractivity contribution >= 4 is 23.2 Å². The number of amides is 2. The average Bonchev–Trinajstić information content (AvgIpc) is 3.05. The van der Waals surface area contributed by atoms with Crippen LogP contribution in [0.3, 0.4) is 0 Å². The summed E-state index contributed by atoms with van der Waals surface area (Å²) >= 11 is 0.655. The molecule has 27 heavy (non-hydrogen) atoms. The summed E-state index contributed by atoms with van der Waals surface area (Å²) in [6.07, 6.45) is -1.39. The normalized spacial score (nSPS) is 18.0. The fourth-order valence-electron chi connectivity index (χ4n) is 3.03. The van der Waals surface area contributed by atoms with E-state index in [4.69, 9.17) is 0 Å². The van der Waals surface area contributed by atoms with Crippen LogP contribution in [-0.4, -0.2) is 41.2 Å². The lowest BCUT2D eigenvalue weighted by molar-refractivity contribution is -0.267. The second-order valence-corrected chi connectivity index (χ2v) is 7.66. The molecule has 1 unspecified atom stereocenters. The lowest BCUT2D eigenvalue weighted by Crippen LogP contribution is -2.47. The van der Waals surface area contributed by atoms with E-state index in [1.54, 1.807) is 0 Å². The van der Waals surface area contributed by atoms with Crippen LogP contribution in [0.2, 0.25) is 0 Å². The first-order chi connectivity index (χ1) is 12.6. The predicted octanol–water partition coefficient (Wildman–Crippen LogP) is 2.40. The third-order valence-electron chi connectivity index (χ3n) is 4.58. The van der Waals surface area contributed by atoms with Gasteiger partial charge in [-0.3, -0.25) is 9.59 Å². The Hall–Kier alpha value is -1.68. The van der Waals surface area contributed by atoms with Crippen LogP contribution in [-0.2, 0) is 15.2 Å². The van der Waals surface area contributed by atoms with Crippen LogP contribution in [0, 0.1) is 12.8 Å². The number of halogens is 3. The molecule has 1 atom stereocenters. The number of thiazole rings is 1. The molecule has 0 bridgehead atoms. The molecular weight excluding hydrogens is 383 g/mol. The predicted molar refractivity (Wildman–Crippen MR) is 94.0 cm³/mol. The van der Waals surface area contributed by atoms with Gasteiger partial charge in [0.2, 0.25) is 17.4 Å². The molecule has 0 aromatic carbocycles. The van der Waals surface area contributed by atoms with Crippen molar-refractivity contribution in [3.05, 3.63) is 16.1 Å². The molecule has 2 rings (SSSR count). The summed E-state index contributed by atoms with van der Waals surface area (Å²) < 4.78 is 40.0. The highest BCUT2D eigenvalue weighted by Gasteiger charge is 2.58. The SMILES string of the molecule is Cc1csc(C(O)(CC(=O)NCCNC(=O)C2CCCCC2)C(F)(F)F)n1. The van der Waals surface area contributed by atoms with E-state index in [0.717, 1.165) is 32.1 Å². The Balaban J connectivity index is 1.83. The first-order valence-electron chi connectivity index (χ1n) is 8.89. The standard InChI is InChI=1S/C17H24F3N3O3S/c1-11-10-27-15(23-11)16(26,17(18,19)20)9-13(24)21-7-8-22-14(25)12-5-3-2-4-6-12/h10,12,26H,2-9H2,1H3,(H,21,24)(H,22,25). The number of alkyl halides is 3. The quantitative estimate of drug-likeness (QED) is 0.606. The van der Waals surface area contributed by atoms with Crippen LogP contribution < -0.4 is 10.6 Å². The van der Waals surface area contributed by atoms with E-state index in [-0.39, 0.29) is 24.9 Å². The van der Waals surface area contributed by atoms with Crippen molar-refractivity contribution in [1.82, 2.24) is 15.6 Å². The first-order valence-corrected chi connectivity index (χ1v) is 9.77. The number of aliphatic hydroxyl groups is 1. The van der Waals surface area contributed by atoms with Gasteiger partial charge in [0.1, 0.15) is 5.01 Å². The van der Waals surface area contributed by atoms with Crippen molar-refractivity contribution in [2.45, 2.75) is 57.2 Å². The molecule has 1 aromatic rings. The minimum atomic E-state index is -5.04. The summed E-state index contributed by atoms with van der Waals surface area (Å²) in [7, 11) is 0. The van der Waals surface area contributed by atoms with Gasteiger partial charge >= 0.3 is 6.18 Å². The van der Waals surface area contributed by atoms with Gasteiger partial charge in [-0.15, -0.1) is 11.3 Å². The molecule has 1 heterocycles. The van der Waals surface area contributed by atoms with Crippen molar-refractivity contribution in [1.29, 1.82) is 0 Å². The third kappa shape index (κ3) is 5.65. The van der Waals surface area contributed by atoms with Gasteiger partial charge in [0.25, 0.3) is 0 Å². The molecule has 2 amide bonds. The minimum Gasteiger partial charge on any atom is -0.374 e. The number of aryl methyl sites for hydroxylation is 1. The molecule has 0 spiro atoms. The first kappa shape index (κ1) is 21.6. The Morgan fingerprint density at radius 3 is 2.41 bits per heavy atom. The van der Waals surface area contributed by atoms with Crippen molar-refractivity contribution in [3.63, 3.8) is 0 Å². The maximum atomic E-state index is 13.3. The van der Waals surface area contributed by atoms with Gasteiger partial charge in [-0.1, -0.05) is 19.3 Å². The zero-order chi connectivity index (χ0) is 20.1. The van der Waals surface area contributed by atoms with Crippen LogP contribution in [0.25, 0.3) is 0 Å². The average molecular weight is 407 g/mol. The summed E-state index contributed by atoms with van der Waals surface area (Å²) in [5.41, 5.74) is -3.00. The van der Waals surface area contributed by atoms with Crippen molar-refractivity contribution in [2.24, 2.45) is 5.92 Å². The maximum Gasteiger partial charge on any atom is 0.424 e. The topological polar surface area (TPSA) is 91.3 Å². The van der Waals surface area contributed by atoms with Crippen LogP contribution in [0.15, 0.2) is 5.38 Å². The summed E-state index contributed by atoms with van der Waals surface area (Å²) in [6.45, 7) is 1.62. The van der Waals surface area contributed by atoms with Crippen LogP contribution in [0.5, 0.6) is 0 Å². The highest BCUT2D eigenvalue weighted by Crippen LogP contribution is 2.42. The van der Waals surface area contributed by atoms with Gasteiger partial charge in [0, 0.05) is 30.1 Å². The van der Waals surface area contributed by atoms with Crippen molar-refractivity contribution in [3.8, 4) is 0 Å². The minimum absolute atomic E-state index is 0.0118. The van der Waals surface area contributed by atoms with Gasteiger partial charge in [-0.05, 0) is 19.8 Å². The molecule has 10 heteroatoms. The van der Waals surface area contributed by atoms with E-state index in [1.807, 2.05) is 0 Å². The zero-order valence-corrected chi connectivity index (χ0v) is 15.9. The van der Waals surface area contributed by atoms with Crippen LogP contribution in [0.1, 0.15) is 49.2 Å². The van der Waals surface area contributed by atoms with Gasteiger partial charge in [0.15, 0.2) is 0 Å². The smallest absolute Gasteiger partial charge is 0.374 e. The van der Waals surface area contributed by atoms with Gasteiger partial charge in [-0.2, -0.15) is 13.2 Å². The maximum absolute atomic E-state index is 13.3. The Bertz CT molecular complexity index is 659. The molecule has 6 nitrogen and oxygen atoms in total. The van der Waals surface area contributed by atoms with Gasteiger partial charge in [0.05, 0.1) is 6.42 Å². The van der Waals surface area contributed by atoms with Crippen molar-refractivity contribution in [2.75, 3.05) is 13.1 Å².